The molecule has 1 heterocycles. The number of esters is 1. The Bertz CT molecular complexity index is 426. The van der Waals surface area contributed by atoms with Gasteiger partial charge in [-0.2, -0.15) is 0 Å². The average molecular weight is 340 g/mol. The maximum Gasteiger partial charge on any atom is 0.305 e. The fourth-order valence-corrected chi connectivity index (χ4v) is 2.69. The van der Waals surface area contributed by atoms with Crippen molar-refractivity contribution in [3.63, 3.8) is 0 Å². The molecular formula is C17H32N4O3. The predicted molar refractivity (Wildman–Crippen MR) is 94.9 cm³/mol. The largest absolute Gasteiger partial charge is 0.469 e. The van der Waals surface area contributed by atoms with E-state index < -0.39 is 0 Å². The Morgan fingerprint density at radius 3 is 2.71 bits per heavy atom. The van der Waals surface area contributed by atoms with Crippen molar-refractivity contribution in [2.45, 2.75) is 58.4 Å². The average Bonchev–Trinajstić information content (AvgIpc) is 3.05. The zero-order valence-corrected chi connectivity index (χ0v) is 15.3. The number of hydrogen-bond acceptors (Lipinski definition) is 4. The number of unbranched alkanes of at least 4 members (excludes halogenated alkanes) is 2. The molecule has 1 aliphatic rings. The Labute approximate surface area is 145 Å². The molecule has 0 spiro atoms. The normalized spacial score (nSPS) is 17.7. The number of amides is 1. The first-order valence-corrected chi connectivity index (χ1v) is 9.00. The number of nitrogens with zero attached hydrogens (tertiary/aromatic N) is 2. The maximum absolute atomic E-state index is 11.7. The molecule has 0 aromatic heterocycles. The number of carbonyl (C=O) groups excluding carboxylic acids is 2. The molecule has 1 amide bonds. The molecule has 1 saturated heterocycles. The number of carbonyl (C=O) groups is 2. The Morgan fingerprint density at radius 1 is 1.25 bits per heavy atom. The number of rotatable bonds is 9. The van der Waals surface area contributed by atoms with Crippen LogP contribution < -0.4 is 10.6 Å². The summed E-state index contributed by atoms with van der Waals surface area (Å²) in [7, 11) is 1.42. The Hall–Kier alpha value is -1.79. The van der Waals surface area contributed by atoms with Crippen molar-refractivity contribution in [2.75, 3.05) is 33.3 Å². The molecule has 0 aromatic carbocycles. The van der Waals surface area contributed by atoms with Gasteiger partial charge in [0.2, 0.25) is 5.91 Å². The number of ether oxygens (including phenoxy) is 1. The summed E-state index contributed by atoms with van der Waals surface area (Å²) >= 11 is 0. The van der Waals surface area contributed by atoms with Crippen LogP contribution in [0.1, 0.15) is 52.4 Å². The molecule has 7 nitrogen and oxygen atoms in total. The quantitative estimate of drug-likeness (QED) is 0.286. The van der Waals surface area contributed by atoms with Gasteiger partial charge in [0, 0.05) is 45.1 Å². The van der Waals surface area contributed by atoms with Gasteiger partial charge in [-0.15, -0.1) is 0 Å². The third-order valence-electron chi connectivity index (χ3n) is 4.07. The number of guanidine groups is 1. The van der Waals surface area contributed by atoms with Gasteiger partial charge in [0.05, 0.1) is 7.11 Å². The molecule has 138 valence electrons. The van der Waals surface area contributed by atoms with Crippen LogP contribution >= 0.6 is 0 Å². The molecule has 1 fully saturated rings. The molecular weight excluding hydrogens is 308 g/mol. The van der Waals surface area contributed by atoms with E-state index in [1.165, 1.54) is 7.11 Å². The fourth-order valence-electron chi connectivity index (χ4n) is 2.69. The Kier molecular flexibility index (Phi) is 9.88. The molecule has 0 aliphatic carbocycles. The molecule has 7 heteroatoms. The summed E-state index contributed by atoms with van der Waals surface area (Å²) in [5.41, 5.74) is 0. The Balaban J connectivity index is 2.30. The second-order valence-electron chi connectivity index (χ2n) is 5.97. The van der Waals surface area contributed by atoms with Gasteiger partial charge in [0.1, 0.15) is 0 Å². The lowest BCUT2D eigenvalue weighted by Gasteiger charge is -2.18. The lowest BCUT2D eigenvalue weighted by atomic mass is 10.2. The van der Waals surface area contributed by atoms with Crippen LogP contribution in [0.2, 0.25) is 0 Å². The van der Waals surface area contributed by atoms with Crippen LogP contribution in [0.4, 0.5) is 0 Å². The van der Waals surface area contributed by atoms with Crippen molar-refractivity contribution >= 4 is 17.8 Å². The minimum Gasteiger partial charge on any atom is -0.469 e. The number of aliphatic imine (C=N–C) groups is 1. The standard InChI is InChI=1S/C17H32N4O3/c1-4-15(22)21-12-10-14(13-21)20-17(18-5-2)19-11-8-6-7-9-16(23)24-3/h14H,4-13H2,1-3H3,(H2,18,19,20). The van der Waals surface area contributed by atoms with Crippen LogP contribution in [0.3, 0.4) is 0 Å². The van der Waals surface area contributed by atoms with Gasteiger partial charge >= 0.3 is 5.97 Å². The third-order valence-corrected chi connectivity index (χ3v) is 4.07. The summed E-state index contributed by atoms with van der Waals surface area (Å²) < 4.78 is 4.62. The van der Waals surface area contributed by atoms with Crippen molar-refractivity contribution in [1.82, 2.24) is 15.5 Å². The highest BCUT2D eigenvalue weighted by Crippen LogP contribution is 2.10. The zero-order valence-electron chi connectivity index (χ0n) is 15.3. The number of hydrogen-bond donors (Lipinski definition) is 2. The molecule has 1 rings (SSSR count). The van der Waals surface area contributed by atoms with E-state index in [1.54, 1.807) is 0 Å². The van der Waals surface area contributed by atoms with Crippen molar-refractivity contribution in [3.05, 3.63) is 0 Å². The highest BCUT2D eigenvalue weighted by Gasteiger charge is 2.25. The highest BCUT2D eigenvalue weighted by molar-refractivity contribution is 5.80. The van der Waals surface area contributed by atoms with Crippen LogP contribution in [0.15, 0.2) is 4.99 Å². The van der Waals surface area contributed by atoms with Gasteiger partial charge in [-0.3, -0.25) is 14.6 Å². The SMILES string of the molecule is CCNC(=NCCCCCC(=O)OC)NC1CCN(C(=O)CC)C1. The van der Waals surface area contributed by atoms with Crippen LogP contribution in [0.5, 0.6) is 0 Å². The van der Waals surface area contributed by atoms with Gasteiger partial charge in [-0.05, 0) is 26.2 Å². The van der Waals surface area contributed by atoms with E-state index in [-0.39, 0.29) is 17.9 Å². The number of methoxy groups -OCH3 is 1. The van der Waals surface area contributed by atoms with E-state index in [9.17, 15) is 9.59 Å². The fraction of sp³-hybridized carbons (Fsp3) is 0.824. The van der Waals surface area contributed by atoms with Crippen LogP contribution in [0, 0.1) is 0 Å². The molecule has 0 aromatic rings. The van der Waals surface area contributed by atoms with Crippen molar-refractivity contribution in [2.24, 2.45) is 4.99 Å². The van der Waals surface area contributed by atoms with Crippen molar-refractivity contribution < 1.29 is 14.3 Å². The summed E-state index contributed by atoms with van der Waals surface area (Å²) in [4.78, 5) is 29.3. The first kappa shape index (κ1) is 20.3. The van der Waals surface area contributed by atoms with Crippen LogP contribution in [-0.4, -0.2) is 62.1 Å². The molecule has 2 N–H and O–H groups in total. The third kappa shape index (κ3) is 7.66. The van der Waals surface area contributed by atoms with E-state index >= 15 is 0 Å². The smallest absolute Gasteiger partial charge is 0.305 e. The topological polar surface area (TPSA) is 83.0 Å². The monoisotopic (exact) mass is 340 g/mol. The zero-order chi connectivity index (χ0) is 17.8. The summed E-state index contributed by atoms with van der Waals surface area (Å²) in [6.45, 7) is 7.02. The van der Waals surface area contributed by atoms with E-state index in [0.29, 0.717) is 12.8 Å². The van der Waals surface area contributed by atoms with E-state index in [1.807, 2.05) is 18.7 Å². The molecule has 0 saturated carbocycles. The van der Waals surface area contributed by atoms with Crippen molar-refractivity contribution in [3.8, 4) is 0 Å². The first-order chi connectivity index (χ1) is 11.6. The van der Waals surface area contributed by atoms with Gasteiger partial charge < -0.3 is 20.3 Å². The van der Waals surface area contributed by atoms with Gasteiger partial charge in [0.15, 0.2) is 5.96 Å². The second kappa shape index (κ2) is 11.7. The van der Waals surface area contributed by atoms with E-state index in [4.69, 9.17) is 0 Å². The predicted octanol–water partition coefficient (Wildman–Crippen LogP) is 1.29. The number of likely N-dealkylation sites (tertiary alicyclic amines) is 1. The molecule has 1 unspecified atom stereocenters. The highest BCUT2D eigenvalue weighted by atomic mass is 16.5. The Morgan fingerprint density at radius 2 is 2.04 bits per heavy atom. The maximum atomic E-state index is 11.7. The summed E-state index contributed by atoms with van der Waals surface area (Å²) in [6.07, 6.45) is 4.73. The summed E-state index contributed by atoms with van der Waals surface area (Å²) in [5, 5.41) is 6.66. The van der Waals surface area contributed by atoms with E-state index in [2.05, 4.69) is 20.4 Å². The lowest BCUT2D eigenvalue weighted by Crippen LogP contribution is -2.45. The summed E-state index contributed by atoms with van der Waals surface area (Å²) in [6, 6.07) is 0.262. The minimum absolute atomic E-state index is 0.152. The van der Waals surface area contributed by atoms with Gasteiger partial charge in [-0.1, -0.05) is 13.3 Å². The lowest BCUT2D eigenvalue weighted by molar-refractivity contribution is -0.140. The molecule has 24 heavy (non-hydrogen) atoms. The van der Waals surface area contributed by atoms with Crippen molar-refractivity contribution in [1.29, 1.82) is 0 Å². The molecule has 1 atom stereocenters. The molecule has 0 bridgehead atoms. The van der Waals surface area contributed by atoms with Gasteiger partial charge in [0.25, 0.3) is 0 Å². The second-order valence-corrected chi connectivity index (χ2v) is 5.97. The van der Waals surface area contributed by atoms with Crippen LogP contribution in [-0.2, 0) is 14.3 Å². The van der Waals surface area contributed by atoms with Crippen LogP contribution in [0.25, 0.3) is 0 Å². The molecule has 0 radical (unpaired) electrons. The summed E-state index contributed by atoms with van der Waals surface area (Å²) in [5.74, 6) is 0.869. The molecule has 1 aliphatic heterocycles. The number of nitrogens with one attached hydrogen (secondary N) is 2. The van der Waals surface area contributed by atoms with Gasteiger partial charge in [-0.25, -0.2) is 0 Å². The van der Waals surface area contributed by atoms with E-state index in [0.717, 1.165) is 57.8 Å². The minimum atomic E-state index is -0.152. The first-order valence-electron chi connectivity index (χ1n) is 9.00.